The average molecular weight is 346 g/mol. The minimum atomic E-state index is 0.160. The molecule has 0 heterocycles. The predicted octanol–water partition coefficient (Wildman–Crippen LogP) is 1.99. The van der Waals surface area contributed by atoms with Crippen LogP contribution in [0.2, 0.25) is 0 Å². The Balaban J connectivity index is 2.36. The first-order valence-electron chi connectivity index (χ1n) is 5.68. The fraction of sp³-hybridized carbons (Fsp3) is 0.333. The third-order valence-corrected chi connectivity index (χ3v) is 2.90. The first kappa shape index (κ1) is 15.9. The van der Waals surface area contributed by atoms with Crippen molar-refractivity contribution in [3.05, 3.63) is 28.2 Å². The number of rotatable bonds is 6. The Hall–Kier alpha value is -1.18. The molecule has 1 aromatic carbocycles. The van der Waals surface area contributed by atoms with Gasteiger partial charge in [0.25, 0.3) is 0 Å². The van der Waals surface area contributed by atoms with Crippen LogP contribution in [0.4, 0.5) is 0 Å². The van der Waals surface area contributed by atoms with Crippen molar-refractivity contribution in [2.75, 3.05) is 20.3 Å². The average Bonchev–Trinajstić information content (AvgIpc) is 2.39. The lowest BCUT2D eigenvalue weighted by Gasteiger charge is -2.06. The van der Waals surface area contributed by atoms with Gasteiger partial charge in [0.1, 0.15) is 5.75 Å². The van der Waals surface area contributed by atoms with Crippen molar-refractivity contribution in [1.29, 1.82) is 0 Å². The Morgan fingerprint density at radius 1 is 1.58 bits per heavy atom. The highest BCUT2D eigenvalue weighted by atomic mass is 79.9. The second-order valence-corrected chi connectivity index (χ2v) is 5.00. The van der Waals surface area contributed by atoms with E-state index in [0.717, 1.165) is 17.4 Å². The molecule has 0 spiro atoms. The Morgan fingerprint density at radius 2 is 2.37 bits per heavy atom. The lowest BCUT2D eigenvalue weighted by atomic mass is 10.2. The Bertz CT molecular complexity index is 455. The molecule has 0 aromatic heterocycles. The molecule has 104 valence electrons. The Labute approximate surface area is 126 Å². The number of hydrazone groups is 1. The van der Waals surface area contributed by atoms with Gasteiger partial charge in [-0.3, -0.25) is 5.43 Å². The molecule has 0 bridgehead atoms. The minimum Gasteiger partial charge on any atom is -0.507 e. The maximum atomic E-state index is 9.60. The lowest BCUT2D eigenvalue weighted by molar-refractivity contribution is 0.195. The van der Waals surface area contributed by atoms with Crippen LogP contribution in [0.15, 0.2) is 27.8 Å². The topological polar surface area (TPSA) is 65.9 Å². The number of halogens is 1. The smallest absolute Gasteiger partial charge is 0.186 e. The monoisotopic (exact) mass is 345 g/mol. The van der Waals surface area contributed by atoms with Crippen LogP contribution in [0, 0.1) is 0 Å². The third kappa shape index (κ3) is 6.51. The van der Waals surface area contributed by atoms with Crippen LogP contribution in [0.5, 0.6) is 5.75 Å². The molecule has 0 unspecified atom stereocenters. The van der Waals surface area contributed by atoms with E-state index < -0.39 is 0 Å². The van der Waals surface area contributed by atoms with Crippen LogP contribution in [0.3, 0.4) is 0 Å². The highest BCUT2D eigenvalue weighted by Crippen LogP contribution is 2.19. The SMILES string of the molecule is COCCCNC(=S)N/N=C/c1cc(Br)ccc1O. The van der Waals surface area contributed by atoms with Crippen LogP contribution in [0.1, 0.15) is 12.0 Å². The predicted molar refractivity (Wildman–Crippen MR) is 83.6 cm³/mol. The highest BCUT2D eigenvalue weighted by Gasteiger charge is 1.98. The van der Waals surface area contributed by atoms with Crippen LogP contribution in [-0.4, -0.2) is 36.7 Å². The summed E-state index contributed by atoms with van der Waals surface area (Å²) < 4.78 is 5.79. The molecular weight excluding hydrogens is 330 g/mol. The molecular formula is C12H16BrN3O2S. The number of phenols is 1. The van der Waals surface area contributed by atoms with Gasteiger partial charge in [0, 0.05) is 30.3 Å². The molecule has 0 aliphatic carbocycles. The summed E-state index contributed by atoms with van der Waals surface area (Å²) in [7, 11) is 1.66. The van der Waals surface area contributed by atoms with Crippen molar-refractivity contribution in [3.8, 4) is 5.75 Å². The molecule has 7 heteroatoms. The molecule has 1 rings (SSSR count). The molecule has 5 nitrogen and oxygen atoms in total. The molecule has 0 radical (unpaired) electrons. The zero-order chi connectivity index (χ0) is 14.1. The van der Waals surface area contributed by atoms with E-state index in [2.05, 4.69) is 31.8 Å². The summed E-state index contributed by atoms with van der Waals surface area (Å²) in [6.07, 6.45) is 2.37. The molecule has 1 aromatic rings. The zero-order valence-corrected chi connectivity index (χ0v) is 12.9. The van der Waals surface area contributed by atoms with E-state index >= 15 is 0 Å². The second-order valence-electron chi connectivity index (χ2n) is 3.68. The van der Waals surface area contributed by atoms with Gasteiger partial charge in [0.15, 0.2) is 5.11 Å². The van der Waals surface area contributed by atoms with E-state index in [1.807, 2.05) is 0 Å². The number of hydrogen-bond acceptors (Lipinski definition) is 4. The van der Waals surface area contributed by atoms with Crippen molar-refractivity contribution in [2.45, 2.75) is 6.42 Å². The summed E-state index contributed by atoms with van der Waals surface area (Å²) in [6.45, 7) is 1.40. The molecule has 3 N–H and O–H groups in total. The molecule has 0 aliphatic heterocycles. The molecule has 0 saturated carbocycles. The van der Waals surface area contributed by atoms with Gasteiger partial charge in [-0.15, -0.1) is 0 Å². The molecule has 0 fully saturated rings. The molecule has 0 aliphatic rings. The highest BCUT2D eigenvalue weighted by molar-refractivity contribution is 9.10. The van der Waals surface area contributed by atoms with Gasteiger partial charge in [-0.2, -0.15) is 5.10 Å². The number of nitrogens with one attached hydrogen (secondary N) is 2. The van der Waals surface area contributed by atoms with Crippen molar-refractivity contribution in [3.63, 3.8) is 0 Å². The zero-order valence-electron chi connectivity index (χ0n) is 10.5. The maximum Gasteiger partial charge on any atom is 0.186 e. The summed E-state index contributed by atoms with van der Waals surface area (Å²) in [6, 6.07) is 5.10. The van der Waals surface area contributed by atoms with E-state index in [9.17, 15) is 5.11 Å². The van der Waals surface area contributed by atoms with Crippen LogP contribution >= 0.6 is 28.1 Å². The number of ether oxygens (including phenoxy) is 1. The summed E-state index contributed by atoms with van der Waals surface area (Å²) in [5.41, 5.74) is 3.28. The molecule has 0 atom stereocenters. The number of nitrogens with zero attached hydrogens (tertiary/aromatic N) is 1. The van der Waals surface area contributed by atoms with E-state index in [0.29, 0.717) is 17.3 Å². The minimum absolute atomic E-state index is 0.160. The van der Waals surface area contributed by atoms with E-state index in [1.165, 1.54) is 6.21 Å². The summed E-state index contributed by atoms with van der Waals surface area (Å²) in [5.74, 6) is 0.160. The van der Waals surface area contributed by atoms with Crippen LogP contribution < -0.4 is 10.7 Å². The van der Waals surface area contributed by atoms with Gasteiger partial charge in [-0.1, -0.05) is 15.9 Å². The van der Waals surface area contributed by atoms with Crippen molar-refractivity contribution < 1.29 is 9.84 Å². The number of hydrogen-bond donors (Lipinski definition) is 3. The fourth-order valence-electron chi connectivity index (χ4n) is 1.25. The largest absolute Gasteiger partial charge is 0.507 e. The molecule has 0 saturated heterocycles. The standard InChI is InChI=1S/C12H16BrN3O2S/c1-18-6-2-5-14-12(19)16-15-8-9-7-10(13)3-4-11(9)17/h3-4,7-8,17H,2,5-6H2,1H3,(H2,14,16,19)/b15-8+. The van der Waals surface area contributed by atoms with Gasteiger partial charge >= 0.3 is 0 Å². The number of phenolic OH excluding ortho intramolecular Hbond substituents is 1. The Kier molecular flexibility index (Phi) is 7.39. The third-order valence-electron chi connectivity index (χ3n) is 2.17. The van der Waals surface area contributed by atoms with Crippen LogP contribution in [-0.2, 0) is 4.74 Å². The molecule has 19 heavy (non-hydrogen) atoms. The van der Waals surface area contributed by atoms with Gasteiger partial charge in [0.2, 0.25) is 0 Å². The van der Waals surface area contributed by atoms with Crippen molar-refractivity contribution in [1.82, 2.24) is 10.7 Å². The number of aromatic hydroxyl groups is 1. The van der Waals surface area contributed by atoms with Gasteiger partial charge in [-0.25, -0.2) is 0 Å². The lowest BCUT2D eigenvalue weighted by Crippen LogP contribution is -2.33. The first-order valence-corrected chi connectivity index (χ1v) is 6.88. The number of benzene rings is 1. The van der Waals surface area contributed by atoms with Crippen molar-refractivity contribution in [2.24, 2.45) is 5.10 Å². The normalized spacial score (nSPS) is 10.6. The van der Waals surface area contributed by atoms with E-state index in [1.54, 1.807) is 25.3 Å². The summed E-state index contributed by atoms with van der Waals surface area (Å²) >= 11 is 8.35. The number of methoxy groups -OCH3 is 1. The molecule has 0 amide bonds. The summed E-state index contributed by atoms with van der Waals surface area (Å²) in [4.78, 5) is 0. The summed E-state index contributed by atoms with van der Waals surface area (Å²) in [5, 5.41) is 17.0. The Morgan fingerprint density at radius 3 is 3.11 bits per heavy atom. The van der Waals surface area contributed by atoms with Crippen LogP contribution in [0.25, 0.3) is 0 Å². The van der Waals surface area contributed by atoms with Gasteiger partial charge < -0.3 is 15.2 Å². The maximum absolute atomic E-state index is 9.60. The van der Waals surface area contributed by atoms with Gasteiger partial charge in [0.05, 0.1) is 6.21 Å². The van der Waals surface area contributed by atoms with E-state index in [4.69, 9.17) is 17.0 Å². The first-order chi connectivity index (χ1) is 9.13. The number of thiocarbonyl (C=S) groups is 1. The van der Waals surface area contributed by atoms with Gasteiger partial charge in [-0.05, 0) is 36.8 Å². The second kappa shape index (κ2) is 8.84. The van der Waals surface area contributed by atoms with Crippen molar-refractivity contribution >= 4 is 39.5 Å². The fourth-order valence-corrected chi connectivity index (χ4v) is 1.78. The quantitative estimate of drug-likeness (QED) is 0.318. The van der Waals surface area contributed by atoms with E-state index in [-0.39, 0.29) is 5.75 Å².